The van der Waals surface area contributed by atoms with E-state index in [4.69, 9.17) is 9.47 Å². The molecule has 5 rings (SSSR count). The first-order valence-corrected chi connectivity index (χ1v) is 11.5. The summed E-state index contributed by atoms with van der Waals surface area (Å²) in [7, 11) is 0. The zero-order valence-corrected chi connectivity index (χ0v) is 18.1. The molecule has 0 bridgehead atoms. The van der Waals surface area contributed by atoms with Crippen LogP contribution in [0, 0.1) is 6.92 Å². The summed E-state index contributed by atoms with van der Waals surface area (Å²) in [6, 6.07) is 15.6. The van der Waals surface area contributed by atoms with Crippen LogP contribution < -0.4 is 14.8 Å². The third-order valence-corrected chi connectivity index (χ3v) is 6.77. The molecule has 30 heavy (non-hydrogen) atoms. The molecular formula is C22H19N3O3S2. The standard InChI is InChI=1S/C22H19N3O3S2/c1-13-15-10-20(30-22(15)25(24-13)14-6-4-3-5-7-14)21(26)23-16-11-17-18(12-19(16)29-2)28-9-8-27-17/h3-7,10-12H,8-9H2,1-2H3,(H,23,26). The van der Waals surface area contributed by atoms with Crippen molar-refractivity contribution in [1.82, 2.24) is 9.78 Å². The van der Waals surface area contributed by atoms with E-state index in [0.717, 1.165) is 32.2 Å². The highest BCUT2D eigenvalue weighted by Crippen LogP contribution is 2.40. The van der Waals surface area contributed by atoms with Crippen LogP contribution in [0.4, 0.5) is 5.69 Å². The molecule has 152 valence electrons. The van der Waals surface area contributed by atoms with E-state index in [2.05, 4.69) is 10.4 Å². The monoisotopic (exact) mass is 437 g/mol. The van der Waals surface area contributed by atoms with Crippen LogP contribution in [0.3, 0.4) is 0 Å². The minimum absolute atomic E-state index is 0.151. The second-order valence-corrected chi connectivity index (χ2v) is 8.69. The first kappa shape index (κ1) is 19.0. The van der Waals surface area contributed by atoms with Gasteiger partial charge in [-0.05, 0) is 37.4 Å². The quantitative estimate of drug-likeness (QED) is 0.448. The number of aromatic nitrogens is 2. The lowest BCUT2D eigenvalue weighted by Gasteiger charge is -2.20. The zero-order chi connectivity index (χ0) is 20.7. The van der Waals surface area contributed by atoms with E-state index in [9.17, 15) is 4.79 Å². The summed E-state index contributed by atoms with van der Waals surface area (Å²) in [4.78, 5) is 15.6. The maximum atomic E-state index is 13.1. The topological polar surface area (TPSA) is 65.4 Å². The van der Waals surface area contributed by atoms with Crippen molar-refractivity contribution in [3.63, 3.8) is 0 Å². The molecule has 1 N–H and O–H groups in total. The van der Waals surface area contributed by atoms with Crippen molar-refractivity contribution in [3.05, 3.63) is 59.1 Å². The number of carbonyl (C=O) groups is 1. The van der Waals surface area contributed by atoms with E-state index < -0.39 is 0 Å². The van der Waals surface area contributed by atoms with Gasteiger partial charge in [-0.15, -0.1) is 23.1 Å². The van der Waals surface area contributed by atoms with Crippen molar-refractivity contribution in [2.45, 2.75) is 11.8 Å². The number of hydrogen-bond acceptors (Lipinski definition) is 6. The molecule has 0 radical (unpaired) electrons. The van der Waals surface area contributed by atoms with Gasteiger partial charge in [0.1, 0.15) is 18.0 Å². The van der Waals surface area contributed by atoms with Crippen LogP contribution in [0.1, 0.15) is 15.4 Å². The molecule has 0 saturated carbocycles. The molecule has 0 aliphatic carbocycles. The smallest absolute Gasteiger partial charge is 0.265 e. The normalized spacial score (nSPS) is 12.9. The minimum Gasteiger partial charge on any atom is -0.486 e. The fraction of sp³-hybridized carbons (Fsp3) is 0.182. The fourth-order valence-corrected chi connectivity index (χ4v) is 5.06. The van der Waals surface area contributed by atoms with Gasteiger partial charge in [0.25, 0.3) is 5.91 Å². The van der Waals surface area contributed by atoms with Crippen molar-refractivity contribution >= 4 is 44.9 Å². The lowest BCUT2D eigenvalue weighted by molar-refractivity contribution is 0.103. The Kier molecular flexibility index (Phi) is 4.88. The number of carbonyl (C=O) groups excluding carboxylic acids is 1. The van der Waals surface area contributed by atoms with Crippen LogP contribution in [-0.4, -0.2) is 35.2 Å². The number of nitrogens with one attached hydrogen (secondary N) is 1. The molecule has 0 unspecified atom stereocenters. The number of aryl methyl sites for hydroxylation is 1. The Morgan fingerprint density at radius 3 is 2.60 bits per heavy atom. The van der Waals surface area contributed by atoms with E-state index in [1.165, 1.54) is 11.3 Å². The minimum atomic E-state index is -0.151. The summed E-state index contributed by atoms with van der Waals surface area (Å²) < 4.78 is 13.2. The Labute approximate surface area is 181 Å². The van der Waals surface area contributed by atoms with Crippen LogP contribution in [0.15, 0.2) is 53.4 Å². The number of para-hydroxylation sites is 1. The largest absolute Gasteiger partial charge is 0.486 e. The van der Waals surface area contributed by atoms with Gasteiger partial charge in [-0.2, -0.15) is 5.10 Å². The van der Waals surface area contributed by atoms with E-state index in [1.54, 1.807) is 11.8 Å². The van der Waals surface area contributed by atoms with Crippen molar-refractivity contribution in [2.75, 3.05) is 24.8 Å². The van der Waals surface area contributed by atoms with Gasteiger partial charge in [-0.25, -0.2) is 4.68 Å². The molecule has 1 aliphatic rings. The molecule has 0 atom stereocenters. The van der Waals surface area contributed by atoms with E-state index in [-0.39, 0.29) is 5.91 Å². The Bertz CT molecular complexity index is 1250. The lowest BCUT2D eigenvalue weighted by Crippen LogP contribution is -2.16. The molecule has 0 spiro atoms. The molecule has 3 heterocycles. The highest BCUT2D eigenvalue weighted by atomic mass is 32.2. The molecule has 8 heteroatoms. The number of thioether (sulfide) groups is 1. The Balaban J connectivity index is 1.49. The average Bonchev–Trinajstić information content (AvgIpc) is 3.34. The van der Waals surface area contributed by atoms with E-state index in [1.807, 2.05) is 66.4 Å². The van der Waals surface area contributed by atoms with Gasteiger partial charge in [0, 0.05) is 16.3 Å². The van der Waals surface area contributed by atoms with Crippen LogP contribution in [0.2, 0.25) is 0 Å². The van der Waals surface area contributed by atoms with Crippen LogP contribution in [-0.2, 0) is 0 Å². The first-order chi connectivity index (χ1) is 14.6. The third kappa shape index (κ3) is 3.32. The van der Waals surface area contributed by atoms with Gasteiger partial charge >= 0.3 is 0 Å². The predicted octanol–water partition coefficient (Wildman–Crippen LogP) is 5.14. The Hall–Kier alpha value is -2.97. The SMILES string of the molecule is CSc1cc2c(cc1NC(=O)c1cc3c(C)nn(-c4ccccc4)c3s1)OCCO2. The third-order valence-electron chi connectivity index (χ3n) is 4.88. The highest BCUT2D eigenvalue weighted by Gasteiger charge is 2.20. The number of thiophene rings is 1. The number of rotatable bonds is 4. The van der Waals surface area contributed by atoms with Gasteiger partial charge in [0.15, 0.2) is 11.5 Å². The van der Waals surface area contributed by atoms with E-state index >= 15 is 0 Å². The van der Waals surface area contributed by atoms with Crippen molar-refractivity contribution in [1.29, 1.82) is 0 Å². The van der Waals surface area contributed by atoms with Gasteiger partial charge < -0.3 is 14.8 Å². The maximum absolute atomic E-state index is 13.1. The molecule has 2 aromatic heterocycles. The average molecular weight is 438 g/mol. The van der Waals surface area contributed by atoms with Gasteiger partial charge in [-0.1, -0.05) is 18.2 Å². The molecule has 6 nitrogen and oxygen atoms in total. The first-order valence-electron chi connectivity index (χ1n) is 9.47. The second kappa shape index (κ2) is 7.70. The number of ether oxygens (including phenoxy) is 2. The molecule has 1 aliphatic heterocycles. The number of nitrogens with zero attached hydrogens (tertiary/aromatic N) is 2. The zero-order valence-electron chi connectivity index (χ0n) is 16.5. The Morgan fingerprint density at radius 2 is 1.87 bits per heavy atom. The summed E-state index contributed by atoms with van der Waals surface area (Å²) in [5, 5.41) is 8.67. The van der Waals surface area contributed by atoms with Crippen LogP contribution in [0.5, 0.6) is 11.5 Å². The van der Waals surface area contributed by atoms with E-state index in [0.29, 0.717) is 29.6 Å². The summed E-state index contributed by atoms with van der Waals surface area (Å²) in [6.07, 6.45) is 1.97. The number of anilines is 1. The van der Waals surface area contributed by atoms with Crippen molar-refractivity contribution < 1.29 is 14.3 Å². The molecular weight excluding hydrogens is 418 g/mol. The Morgan fingerprint density at radius 1 is 1.13 bits per heavy atom. The fourth-order valence-electron chi connectivity index (χ4n) is 3.42. The summed E-state index contributed by atoms with van der Waals surface area (Å²) in [5.74, 6) is 1.22. The second-order valence-electron chi connectivity index (χ2n) is 6.81. The maximum Gasteiger partial charge on any atom is 0.265 e. The van der Waals surface area contributed by atoms with Gasteiger partial charge in [-0.3, -0.25) is 4.79 Å². The number of hydrogen-bond donors (Lipinski definition) is 1. The summed E-state index contributed by atoms with van der Waals surface area (Å²) in [5.41, 5.74) is 2.59. The van der Waals surface area contributed by atoms with Gasteiger partial charge in [0.2, 0.25) is 0 Å². The molecule has 2 aromatic carbocycles. The van der Waals surface area contributed by atoms with Crippen molar-refractivity contribution in [3.8, 4) is 17.2 Å². The van der Waals surface area contributed by atoms with Gasteiger partial charge in [0.05, 0.1) is 21.9 Å². The van der Waals surface area contributed by atoms with Crippen molar-refractivity contribution in [2.24, 2.45) is 0 Å². The molecule has 1 amide bonds. The summed E-state index contributed by atoms with van der Waals surface area (Å²) in [6.45, 7) is 3.00. The lowest BCUT2D eigenvalue weighted by atomic mass is 10.2. The summed E-state index contributed by atoms with van der Waals surface area (Å²) >= 11 is 2.99. The number of benzene rings is 2. The van der Waals surface area contributed by atoms with Crippen LogP contribution in [0.25, 0.3) is 15.9 Å². The number of amides is 1. The number of fused-ring (bicyclic) bond motifs is 2. The molecule has 0 fully saturated rings. The molecule has 0 saturated heterocycles. The van der Waals surface area contributed by atoms with Crippen LogP contribution >= 0.6 is 23.1 Å². The molecule has 4 aromatic rings. The highest BCUT2D eigenvalue weighted by molar-refractivity contribution is 7.98. The predicted molar refractivity (Wildman–Crippen MR) is 121 cm³/mol.